The van der Waals surface area contributed by atoms with Crippen molar-refractivity contribution in [1.82, 2.24) is 0 Å². The van der Waals surface area contributed by atoms with Crippen molar-refractivity contribution in [3.05, 3.63) is 57.8 Å². The van der Waals surface area contributed by atoms with Gasteiger partial charge in [0.25, 0.3) is 0 Å². The van der Waals surface area contributed by atoms with Crippen molar-refractivity contribution in [2.75, 3.05) is 0 Å². The van der Waals surface area contributed by atoms with E-state index in [1.165, 1.54) is 11.1 Å². The number of benzene rings is 1. The predicted octanol–water partition coefficient (Wildman–Crippen LogP) is 4.05. The van der Waals surface area contributed by atoms with Gasteiger partial charge in [-0.25, -0.2) is 0 Å². The second-order valence-corrected chi connectivity index (χ2v) is 5.43. The van der Waals surface area contributed by atoms with Gasteiger partial charge < -0.3 is 0 Å². The lowest BCUT2D eigenvalue weighted by molar-refractivity contribution is 0.0955. The van der Waals surface area contributed by atoms with Crippen LogP contribution < -0.4 is 0 Å². The molecular formula is C15H14OS. The van der Waals surface area contributed by atoms with Gasteiger partial charge in [-0.15, -0.1) is 11.3 Å². The molecule has 3 rings (SSSR count). The molecule has 0 aliphatic heterocycles. The van der Waals surface area contributed by atoms with E-state index in [2.05, 4.69) is 18.2 Å². The molecule has 1 aliphatic carbocycles. The number of ketones is 1. The highest BCUT2D eigenvalue weighted by atomic mass is 32.1. The van der Waals surface area contributed by atoms with E-state index in [-0.39, 0.29) is 5.92 Å². The number of thiophene rings is 1. The van der Waals surface area contributed by atoms with Gasteiger partial charge >= 0.3 is 0 Å². The van der Waals surface area contributed by atoms with Gasteiger partial charge in [-0.3, -0.25) is 4.79 Å². The standard InChI is InChI=1S/C15H14OS/c16-15(14-9-4-10-17-14)13-8-3-6-11-5-1-2-7-12(11)13/h1-2,4-5,7,9-10,13H,3,6,8H2. The molecule has 2 aromatic rings. The molecule has 1 aromatic heterocycles. The fraction of sp³-hybridized carbons (Fsp3) is 0.267. The number of hydrogen-bond acceptors (Lipinski definition) is 2. The molecule has 17 heavy (non-hydrogen) atoms. The predicted molar refractivity (Wildman–Crippen MR) is 70.8 cm³/mol. The van der Waals surface area contributed by atoms with Crippen molar-refractivity contribution in [3.63, 3.8) is 0 Å². The van der Waals surface area contributed by atoms with Gasteiger partial charge in [0.05, 0.1) is 4.88 Å². The van der Waals surface area contributed by atoms with Crippen LogP contribution in [-0.2, 0) is 6.42 Å². The van der Waals surface area contributed by atoms with Crippen LogP contribution in [0.4, 0.5) is 0 Å². The summed E-state index contributed by atoms with van der Waals surface area (Å²) in [6.45, 7) is 0. The Labute approximate surface area is 105 Å². The SMILES string of the molecule is O=C(c1cccs1)C1CCCc2ccccc21. The van der Waals surface area contributed by atoms with Crippen LogP contribution in [0.5, 0.6) is 0 Å². The molecule has 1 atom stereocenters. The molecule has 0 saturated heterocycles. The first-order valence-electron chi connectivity index (χ1n) is 6.02. The summed E-state index contributed by atoms with van der Waals surface area (Å²) in [4.78, 5) is 13.3. The second kappa shape index (κ2) is 4.46. The average Bonchev–Trinajstić information content (AvgIpc) is 2.91. The number of Topliss-reactive ketones (excluding diaryl/α,β-unsaturated/α-hetero) is 1. The minimum Gasteiger partial charge on any atom is -0.293 e. The van der Waals surface area contributed by atoms with Gasteiger partial charge in [-0.2, -0.15) is 0 Å². The molecule has 1 nitrogen and oxygen atoms in total. The van der Waals surface area contributed by atoms with E-state index in [1.807, 2.05) is 23.6 Å². The summed E-state index contributed by atoms with van der Waals surface area (Å²) in [5, 5.41) is 1.97. The molecule has 0 saturated carbocycles. The van der Waals surface area contributed by atoms with E-state index >= 15 is 0 Å². The first kappa shape index (κ1) is 10.7. The van der Waals surface area contributed by atoms with E-state index in [9.17, 15) is 4.79 Å². The summed E-state index contributed by atoms with van der Waals surface area (Å²) in [5.74, 6) is 0.380. The largest absolute Gasteiger partial charge is 0.293 e. The summed E-state index contributed by atoms with van der Waals surface area (Å²) in [6.07, 6.45) is 3.23. The lowest BCUT2D eigenvalue weighted by Crippen LogP contribution is -2.17. The smallest absolute Gasteiger partial charge is 0.180 e. The quantitative estimate of drug-likeness (QED) is 0.726. The number of fused-ring (bicyclic) bond motifs is 1. The molecule has 0 spiro atoms. The maximum Gasteiger partial charge on any atom is 0.180 e. The van der Waals surface area contributed by atoms with Gasteiger partial charge in [0.15, 0.2) is 5.78 Å². The number of aryl methyl sites for hydroxylation is 1. The summed E-state index contributed by atoms with van der Waals surface area (Å²) in [7, 11) is 0. The zero-order chi connectivity index (χ0) is 11.7. The molecule has 0 fully saturated rings. The molecule has 1 unspecified atom stereocenters. The molecular weight excluding hydrogens is 228 g/mol. The molecule has 0 amide bonds. The van der Waals surface area contributed by atoms with Crippen LogP contribution in [-0.4, -0.2) is 5.78 Å². The van der Waals surface area contributed by atoms with Crippen LogP contribution in [0, 0.1) is 0 Å². The van der Waals surface area contributed by atoms with Gasteiger partial charge in [0.1, 0.15) is 0 Å². The molecule has 0 bridgehead atoms. The van der Waals surface area contributed by atoms with Crippen molar-refractivity contribution < 1.29 is 4.79 Å². The van der Waals surface area contributed by atoms with Crippen LogP contribution in [0.25, 0.3) is 0 Å². The van der Waals surface area contributed by atoms with E-state index in [0.29, 0.717) is 5.78 Å². The van der Waals surface area contributed by atoms with E-state index in [0.717, 1.165) is 24.1 Å². The lowest BCUT2D eigenvalue weighted by atomic mass is 9.80. The summed E-state index contributed by atoms with van der Waals surface area (Å²) < 4.78 is 0. The fourth-order valence-electron chi connectivity index (χ4n) is 2.62. The van der Waals surface area contributed by atoms with Crippen molar-refractivity contribution in [3.8, 4) is 0 Å². The van der Waals surface area contributed by atoms with Crippen molar-refractivity contribution in [2.45, 2.75) is 25.2 Å². The normalized spacial score (nSPS) is 18.7. The zero-order valence-corrected chi connectivity index (χ0v) is 10.4. The highest BCUT2D eigenvalue weighted by Crippen LogP contribution is 2.34. The van der Waals surface area contributed by atoms with Crippen molar-refractivity contribution in [1.29, 1.82) is 0 Å². The van der Waals surface area contributed by atoms with Crippen LogP contribution in [0.15, 0.2) is 41.8 Å². The Balaban J connectivity index is 1.98. The van der Waals surface area contributed by atoms with Gasteiger partial charge in [-0.05, 0) is 41.8 Å². The molecule has 2 heteroatoms. The van der Waals surface area contributed by atoms with Crippen molar-refractivity contribution in [2.24, 2.45) is 0 Å². The highest BCUT2D eigenvalue weighted by Gasteiger charge is 2.27. The number of hydrogen-bond donors (Lipinski definition) is 0. The number of carbonyl (C=O) groups is 1. The zero-order valence-electron chi connectivity index (χ0n) is 9.56. The molecule has 0 N–H and O–H groups in total. The third-order valence-electron chi connectivity index (χ3n) is 3.45. The minimum atomic E-state index is 0.0820. The number of carbonyl (C=O) groups excluding carboxylic acids is 1. The Hall–Kier alpha value is -1.41. The minimum absolute atomic E-state index is 0.0820. The van der Waals surface area contributed by atoms with Crippen LogP contribution in [0.1, 0.15) is 39.6 Å². The molecule has 1 aliphatic rings. The summed E-state index contributed by atoms with van der Waals surface area (Å²) >= 11 is 1.55. The monoisotopic (exact) mass is 242 g/mol. The first-order valence-corrected chi connectivity index (χ1v) is 6.90. The molecule has 86 valence electrons. The highest BCUT2D eigenvalue weighted by molar-refractivity contribution is 7.12. The average molecular weight is 242 g/mol. The second-order valence-electron chi connectivity index (χ2n) is 4.49. The third kappa shape index (κ3) is 1.93. The molecule has 1 aromatic carbocycles. The van der Waals surface area contributed by atoms with Crippen LogP contribution in [0.3, 0.4) is 0 Å². The topological polar surface area (TPSA) is 17.1 Å². The van der Waals surface area contributed by atoms with E-state index in [1.54, 1.807) is 11.3 Å². The summed E-state index contributed by atoms with van der Waals surface area (Å²) in [6, 6.07) is 12.3. The van der Waals surface area contributed by atoms with Gasteiger partial charge in [-0.1, -0.05) is 30.3 Å². The fourth-order valence-corrected chi connectivity index (χ4v) is 3.34. The third-order valence-corrected chi connectivity index (χ3v) is 4.33. The van der Waals surface area contributed by atoms with Crippen LogP contribution >= 0.6 is 11.3 Å². The van der Waals surface area contributed by atoms with Crippen molar-refractivity contribution >= 4 is 17.1 Å². The van der Waals surface area contributed by atoms with Gasteiger partial charge in [0, 0.05) is 5.92 Å². The Morgan fingerprint density at radius 1 is 1.18 bits per heavy atom. The molecule has 0 radical (unpaired) electrons. The van der Waals surface area contributed by atoms with Crippen LogP contribution in [0.2, 0.25) is 0 Å². The Morgan fingerprint density at radius 3 is 2.88 bits per heavy atom. The maximum atomic E-state index is 12.4. The van der Waals surface area contributed by atoms with Gasteiger partial charge in [0.2, 0.25) is 0 Å². The van der Waals surface area contributed by atoms with E-state index in [4.69, 9.17) is 0 Å². The Kier molecular flexibility index (Phi) is 2.81. The van der Waals surface area contributed by atoms with E-state index < -0.39 is 0 Å². The number of rotatable bonds is 2. The Morgan fingerprint density at radius 2 is 2.06 bits per heavy atom. The Bertz CT molecular complexity index is 528. The molecule has 1 heterocycles. The maximum absolute atomic E-state index is 12.4. The lowest BCUT2D eigenvalue weighted by Gasteiger charge is -2.23. The summed E-state index contributed by atoms with van der Waals surface area (Å²) in [5.41, 5.74) is 2.60. The first-order chi connectivity index (χ1) is 8.36.